The lowest BCUT2D eigenvalue weighted by Crippen LogP contribution is -2.03. The number of hydrogen-bond donors (Lipinski definition) is 0. The molecule has 1 aromatic carbocycles. The molecule has 0 saturated heterocycles. The number of alkyl halides is 2. The van der Waals surface area contributed by atoms with Crippen LogP contribution in [0.4, 0.5) is 8.78 Å². The van der Waals surface area contributed by atoms with Gasteiger partial charge in [-0.15, -0.1) is 10.2 Å². The Morgan fingerprint density at radius 2 is 1.91 bits per heavy atom. The standard InChI is InChI=1S/C15H15F2N5S/c1-10-3-5-11(6-4-10)13-19-20-15(21(13)2)23-9-12-18-7-8-22(12)14(16)17/h3-8,14H,9H2,1-2H3. The van der Waals surface area contributed by atoms with Crippen LogP contribution in [0.25, 0.3) is 11.4 Å². The maximum Gasteiger partial charge on any atom is 0.319 e. The number of hydrogen-bond acceptors (Lipinski definition) is 4. The van der Waals surface area contributed by atoms with Gasteiger partial charge in [-0.2, -0.15) is 8.78 Å². The summed E-state index contributed by atoms with van der Waals surface area (Å²) in [4.78, 5) is 3.96. The highest BCUT2D eigenvalue weighted by Crippen LogP contribution is 2.26. The van der Waals surface area contributed by atoms with Crippen LogP contribution in [-0.4, -0.2) is 24.3 Å². The molecule has 0 radical (unpaired) electrons. The van der Waals surface area contributed by atoms with Gasteiger partial charge in [0.05, 0.1) is 5.75 Å². The fourth-order valence-corrected chi connectivity index (χ4v) is 3.02. The predicted molar refractivity (Wildman–Crippen MR) is 84.2 cm³/mol. The lowest BCUT2D eigenvalue weighted by atomic mass is 10.1. The highest BCUT2D eigenvalue weighted by atomic mass is 32.2. The van der Waals surface area contributed by atoms with Crippen molar-refractivity contribution in [1.82, 2.24) is 24.3 Å². The minimum Gasteiger partial charge on any atom is -0.305 e. The molecule has 3 rings (SSSR count). The molecule has 0 unspecified atom stereocenters. The predicted octanol–water partition coefficient (Wildman–Crippen LogP) is 3.67. The maximum absolute atomic E-state index is 12.8. The van der Waals surface area contributed by atoms with Crippen LogP contribution in [0.15, 0.2) is 41.8 Å². The molecule has 0 aliphatic carbocycles. The third kappa shape index (κ3) is 3.26. The summed E-state index contributed by atoms with van der Waals surface area (Å²) in [6, 6.07) is 7.99. The number of thioether (sulfide) groups is 1. The largest absolute Gasteiger partial charge is 0.319 e. The van der Waals surface area contributed by atoms with Crippen molar-refractivity contribution in [3.8, 4) is 11.4 Å². The fraction of sp³-hybridized carbons (Fsp3) is 0.267. The van der Waals surface area contributed by atoms with Gasteiger partial charge in [-0.05, 0) is 6.92 Å². The molecule has 2 heterocycles. The minimum atomic E-state index is -2.59. The topological polar surface area (TPSA) is 48.5 Å². The van der Waals surface area contributed by atoms with Crippen molar-refractivity contribution in [3.05, 3.63) is 48.0 Å². The number of imidazole rings is 1. The van der Waals surface area contributed by atoms with Crippen molar-refractivity contribution < 1.29 is 8.78 Å². The molecule has 3 aromatic rings. The SMILES string of the molecule is Cc1ccc(-c2nnc(SCc3nccn3C(F)F)n2C)cc1. The third-order valence-electron chi connectivity index (χ3n) is 3.43. The summed E-state index contributed by atoms with van der Waals surface area (Å²) < 4.78 is 28.3. The number of aryl methyl sites for hydroxylation is 1. The van der Waals surface area contributed by atoms with Crippen LogP contribution in [0, 0.1) is 6.92 Å². The first-order chi connectivity index (χ1) is 11.1. The Morgan fingerprint density at radius 1 is 1.17 bits per heavy atom. The smallest absolute Gasteiger partial charge is 0.305 e. The van der Waals surface area contributed by atoms with Crippen molar-refractivity contribution >= 4 is 11.8 Å². The summed E-state index contributed by atoms with van der Waals surface area (Å²) in [5.41, 5.74) is 2.14. The van der Waals surface area contributed by atoms with Crippen molar-refractivity contribution in [1.29, 1.82) is 0 Å². The van der Waals surface area contributed by atoms with Crippen LogP contribution >= 0.6 is 11.8 Å². The number of rotatable bonds is 5. The summed E-state index contributed by atoms with van der Waals surface area (Å²) >= 11 is 1.33. The molecule has 2 aromatic heterocycles. The second kappa shape index (κ2) is 6.49. The Balaban J connectivity index is 1.77. The van der Waals surface area contributed by atoms with Gasteiger partial charge >= 0.3 is 6.55 Å². The normalized spacial score (nSPS) is 11.3. The number of benzene rings is 1. The van der Waals surface area contributed by atoms with Crippen molar-refractivity contribution in [2.75, 3.05) is 0 Å². The average molecular weight is 335 g/mol. The van der Waals surface area contributed by atoms with E-state index in [-0.39, 0.29) is 0 Å². The van der Waals surface area contributed by atoms with E-state index in [2.05, 4.69) is 15.2 Å². The molecule has 0 aliphatic rings. The van der Waals surface area contributed by atoms with E-state index in [0.717, 1.165) is 16.0 Å². The zero-order valence-electron chi connectivity index (χ0n) is 12.6. The van der Waals surface area contributed by atoms with E-state index in [9.17, 15) is 8.78 Å². The van der Waals surface area contributed by atoms with Gasteiger partial charge < -0.3 is 4.57 Å². The molecule has 8 heteroatoms. The second-order valence-corrected chi connectivity index (χ2v) is 5.99. The van der Waals surface area contributed by atoms with E-state index in [1.54, 1.807) is 0 Å². The molecule has 0 amide bonds. The monoisotopic (exact) mass is 335 g/mol. The number of aromatic nitrogens is 5. The van der Waals surface area contributed by atoms with Gasteiger partial charge in [0.15, 0.2) is 11.0 Å². The number of halogens is 2. The van der Waals surface area contributed by atoms with Crippen molar-refractivity contribution in [3.63, 3.8) is 0 Å². The van der Waals surface area contributed by atoms with Gasteiger partial charge in [0.1, 0.15) is 5.82 Å². The van der Waals surface area contributed by atoms with Crippen LogP contribution in [0.3, 0.4) is 0 Å². The summed E-state index contributed by atoms with van der Waals surface area (Å²) in [5.74, 6) is 1.35. The molecular formula is C15H15F2N5S. The molecular weight excluding hydrogens is 320 g/mol. The van der Waals surface area contributed by atoms with E-state index in [1.165, 1.54) is 29.7 Å². The Kier molecular flexibility index (Phi) is 4.42. The van der Waals surface area contributed by atoms with E-state index in [1.807, 2.05) is 42.8 Å². The molecule has 5 nitrogen and oxygen atoms in total. The van der Waals surface area contributed by atoms with Gasteiger partial charge in [0.2, 0.25) is 0 Å². The highest BCUT2D eigenvalue weighted by Gasteiger charge is 2.15. The first-order valence-corrected chi connectivity index (χ1v) is 7.94. The Morgan fingerprint density at radius 3 is 2.61 bits per heavy atom. The van der Waals surface area contributed by atoms with Crippen LogP contribution in [0.5, 0.6) is 0 Å². The average Bonchev–Trinajstić information content (AvgIpc) is 3.13. The second-order valence-electron chi connectivity index (χ2n) is 5.05. The van der Waals surface area contributed by atoms with Crippen LogP contribution in [0.1, 0.15) is 17.9 Å². The van der Waals surface area contributed by atoms with E-state index >= 15 is 0 Å². The van der Waals surface area contributed by atoms with Crippen LogP contribution in [0.2, 0.25) is 0 Å². The Bertz CT molecular complexity index is 795. The van der Waals surface area contributed by atoms with Crippen LogP contribution in [-0.2, 0) is 12.8 Å². The first kappa shape index (κ1) is 15.7. The molecule has 0 N–H and O–H groups in total. The fourth-order valence-electron chi connectivity index (χ4n) is 2.16. The molecule has 0 saturated carbocycles. The van der Waals surface area contributed by atoms with E-state index in [0.29, 0.717) is 16.7 Å². The highest BCUT2D eigenvalue weighted by molar-refractivity contribution is 7.98. The molecule has 0 spiro atoms. The molecule has 120 valence electrons. The van der Waals surface area contributed by atoms with E-state index < -0.39 is 6.55 Å². The van der Waals surface area contributed by atoms with Crippen molar-refractivity contribution in [2.24, 2.45) is 7.05 Å². The van der Waals surface area contributed by atoms with Crippen molar-refractivity contribution in [2.45, 2.75) is 24.4 Å². The molecule has 0 aliphatic heterocycles. The zero-order valence-corrected chi connectivity index (χ0v) is 13.5. The Labute approximate surface area is 136 Å². The molecule has 23 heavy (non-hydrogen) atoms. The van der Waals surface area contributed by atoms with Gasteiger partial charge in [-0.25, -0.2) is 4.98 Å². The van der Waals surface area contributed by atoms with Gasteiger partial charge in [-0.3, -0.25) is 4.57 Å². The minimum absolute atomic E-state index is 0.303. The quantitative estimate of drug-likeness (QED) is 0.668. The molecule has 0 atom stereocenters. The van der Waals surface area contributed by atoms with E-state index in [4.69, 9.17) is 0 Å². The van der Waals surface area contributed by atoms with Gasteiger partial charge in [0.25, 0.3) is 0 Å². The third-order valence-corrected chi connectivity index (χ3v) is 4.45. The van der Waals surface area contributed by atoms with Gasteiger partial charge in [0, 0.05) is 25.0 Å². The summed E-state index contributed by atoms with van der Waals surface area (Å²) in [7, 11) is 1.86. The zero-order chi connectivity index (χ0) is 16.4. The molecule has 0 fully saturated rings. The first-order valence-electron chi connectivity index (χ1n) is 6.95. The summed E-state index contributed by atoms with van der Waals surface area (Å²) in [5, 5.41) is 8.99. The molecule has 0 bridgehead atoms. The summed E-state index contributed by atoms with van der Waals surface area (Å²) in [6.45, 7) is -0.567. The summed E-state index contributed by atoms with van der Waals surface area (Å²) in [6.07, 6.45) is 2.64. The number of nitrogens with zero attached hydrogens (tertiary/aromatic N) is 5. The lowest BCUT2D eigenvalue weighted by Gasteiger charge is -2.06. The Hall–Kier alpha value is -2.22. The van der Waals surface area contributed by atoms with Gasteiger partial charge in [-0.1, -0.05) is 41.6 Å². The lowest BCUT2D eigenvalue weighted by molar-refractivity contribution is 0.0678. The maximum atomic E-state index is 12.8. The van der Waals surface area contributed by atoms with Crippen LogP contribution < -0.4 is 0 Å².